The van der Waals surface area contributed by atoms with Crippen LogP contribution in [0, 0.1) is 0 Å². The fraction of sp³-hybridized carbons (Fsp3) is 1.00. The molecule has 1 aliphatic rings. The first-order chi connectivity index (χ1) is 5.51. The van der Waals surface area contributed by atoms with Crippen LogP contribution in [0.5, 0.6) is 0 Å². The van der Waals surface area contributed by atoms with Crippen molar-refractivity contribution in [1.82, 2.24) is 0 Å². The van der Waals surface area contributed by atoms with Crippen LogP contribution in [0.4, 0.5) is 0 Å². The molecule has 1 fully saturated rings. The van der Waals surface area contributed by atoms with Gasteiger partial charge in [0, 0.05) is 0 Å². The molecule has 5 N–H and O–H groups in total. The van der Waals surface area contributed by atoms with Gasteiger partial charge in [0.15, 0.2) is 0 Å². The van der Waals surface area contributed by atoms with Gasteiger partial charge in [-0.25, -0.2) is 0 Å². The zero-order chi connectivity index (χ0) is 9.35. The second-order valence-electron chi connectivity index (χ2n) is 2.82. The second-order valence-corrected chi connectivity index (χ2v) is 2.82. The first-order valence-electron chi connectivity index (χ1n) is 3.52. The number of rotatable bonds is 1. The number of aliphatic hydroxyl groups is 5. The van der Waals surface area contributed by atoms with Gasteiger partial charge >= 0.3 is 0 Å². The number of hydrogen-bond acceptors (Lipinski definition) is 6. The lowest BCUT2D eigenvalue weighted by atomic mass is 9.98. The molecule has 1 aliphatic heterocycles. The Hall–Kier alpha value is -0.240. The Morgan fingerprint density at radius 3 is 2.42 bits per heavy atom. The van der Waals surface area contributed by atoms with E-state index < -0.39 is 30.7 Å². The highest BCUT2D eigenvalue weighted by Gasteiger charge is 2.47. The Kier molecular flexibility index (Phi) is 2.67. The predicted octanol–water partition coefficient (Wildman–Crippen LogP) is -3.22. The quantitative estimate of drug-likeness (QED) is 0.290. The van der Waals surface area contributed by atoms with E-state index in [2.05, 4.69) is 4.74 Å². The molecule has 0 radical (unpaired) electrons. The van der Waals surface area contributed by atoms with E-state index in [0.717, 1.165) is 0 Å². The first-order valence-corrected chi connectivity index (χ1v) is 3.52. The van der Waals surface area contributed by atoms with Gasteiger partial charge in [0.1, 0.15) is 18.3 Å². The van der Waals surface area contributed by atoms with Crippen LogP contribution in [-0.2, 0) is 4.74 Å². The van der Waals surface area contributed by atoms with Crippen molar-refractivity contribution in [2.24, 2.45) is 0 Å². The third-order valence-corrected chi connectivity index (χ3v) is 1.91. The highest BCUT2D eigenvalue weighted by Crippen LogP contribution is 2.22. The number of aliphatic hydroxyl groups excluding tert-OH is 4. The lowest BCUT2D eigenvalue weighted by Gasteiger charge is -2.40. The summed E-state index contributed by atoms with van der Waals surface area (Å²) in [4.78, 5) is 0. The van der Waals surface area contributed by atoms with Gasteiger partial charge in [0.05, 0.1) is 13.2 Å². The molecule has 0 bridgehead atoms. The highest BCUT2D eigenvalue weighted by molar-refractivity contribution is 4.90. The molecular formula is C6H12O6. The molecule has 1 unspecified atom stereocenters. The molecule has 0 aromatic carbocycles. The van der Waals surface area contributed by atoms with Crippen LogP contribution in [0.25, 0.3) is 0 Å². The van der Waals surface area contributed by atoms with Gasteiger partial charge in [-0.3, -0.25) is 0 Å². The minimum atomic E-state index is -2.17. The van der Waals surface area contributed by atoms with Crippen molar-refractivity contribution in [1.29, 1.82) is 0 Å². The van der Waals surface area contributed by atoms with Crippen molar-refractivity contribution in [2.75, 3.05) is 13.2 Å². The molecule has 12 heavy (non-hydrogen) atoms. The molecule has 0 aromatic rings. The van der Waals surface area contributed by atoms with Crippen LogP contribution in [0.2, 0.25) is 0 Å². The fourth-order valence-electron chi connectivity index (χ4n) is 1.03. The SMILES string of the molecule is OC[C@@]1(O)OC[C@@H](O)[C@@H](O)C1O. The molecular weight excluding hydrogens is 168 g/mol. The maximum Gasteiger partial charge on any atom is 0.218 e. The number of ether oxygens (including phenoxy) is 1. The summed E-state index contributed by atoms with van der Waals surface area (Å²) < 4.78 is 4.56. The topological polar surface area (TPSA) is 110 Å². The molecule has 0 amide bonds. The first kappa shape index (κ1) is 9.85. The molecule has 6 heteroatoms. The maximum absolute atomic E-state index is 9.24. The molecule has 1 rings (SSSR count). The van der Waals surface area contributed by atoms with Gasteiger partial charge in [-0.1, -0.05) is 0 Å². The van der Waals surface area contributed by atoms with Crippen LogP contribution in [0.3, 0.4) is 0 Å². The summed E-state index contributed by atoms with van der Waals surface area (Å²) in [5.41, 5.74) is 0. The molecule has 0 spiro atoms. The summed E-state index contributed by atoms with van der Waals surface area (Å²) in [6.07, 6.45) is -4.45. The summed E-state index contributed by atoms with van der Waals surface area (Å²) in [6.45, 7) is -1.16. The van der Waals surface area contributed by atoms with Gasteiger partial charge in [-0.05, 0) is 0 Å². The van der Waals surface area contributed by atoms with E-state index >= 15 is 0 Å². The van der Waals surface area contributed by atoms with Crippen molar-refractivity contribution in [3.8, 4) is 0 Å². The molecule has 0 aromatic heterocycles. The van der Waals surface area contributed by atoms with Crippen molar-refractivity contribution < 1.29 is 30.3 Å². The van der Waals surface area contributed by atoms with E-state index in [9.17, 15) is 5.11 Å². The van der Waals surface area contributed by atoms with E-state index in [0.29, 0.717) is 0 Å². The Morgan fingerprint density at radius 2 is 1.92 bits per heavy atom. The zero-order valence-corrected chi connectivity index (χ0v) is 6.29. The molecule has 1 saturated heterocycles. The van der Waals surface area contributed by atoms with Gasteiger partial charge in [-0.15, -0.1) is 0 Å². The smallest absolute Gasteiger partial charge is 0.218 e. The lowest BCUT2D eigenvalue weighted by molar-refractivity contribution is -0.331. The van der Waals surface area contributed by atoms with Gasteiger partial charge in [-0.2, -0.15) is 0 Å². The molecule has 72 valence electrons. The number of hydrogen-bond donors (Lipinski definition) is 5. The minimum Gasteiger partial charge on any atom is -0.391 e. The van der Waals surface area contributed by atoms with Crippen LogP contribution in [0.15, 0.2) is 0 Å². The molecule has 6 nitrogen and oxygen atoms in total. The Morgan fingerprint density at radius 1 is 1.33 bits per heavy atom. The Bertz CT molecular complexity index is 162. The van der Waals surface area contributed by atoms with E-state index in [4.69, 9.17) is 20.4 Å². The van der Waals surface area contributed by atoms with Crippen molar-refractivity contribution in [3.05, 3.63) is 0 Å². The standard InChI is InChI=1S/C6H12O6/c7-2-6(11)5(10)4(9)3(8)1-12-6/h3-5,7-11H,1-2H2/t3-,4-,5?,6-/m1/s1. The summed E-state index contributed by atoms with van der Waals surface area (Å²) in [6, 6.07) is 0. The summed E-state index contributed by atoms with van der Waals surface area (Å²) in [5, 5.41) is 45.0. The third-order valence-electron chi connectivity index (χ3n) is 1.91. The molecule has 1 heterocycles. The van der Waals surface area contributed by atoms with Gasteiger partial charge in [0.2, 0.25) is 5.79 Å². The lowest BCUT2D eigenvalue weighted by Crippen LogP contribution is -2.62. The van der Waals surface area contributed by atoms with Crippen molar-refractivity contribution in [2.45, 2.75) is 24.1 Å². The van der Waals surface area contributed by atoms with Crippen LogP contribution in [0.1, 0.15) is 0 Å². The highest BCUT2D eigenvalue weighted by atomic mass is 16.7. The fourth-order valence-corrected chi connectivity index (χ4v) is 1.03. The zero-order valence-electron chi connectivity index (χ0n) is 6.29. The molecule has 0 saturated carbocycles. The molecule has 4 atom stereocenters. The Balaban J connectivity index is 2.71. The third kappa shape index (κ3) is 1.45. The summed E-state index contributed by atoms with van der Waals surface area (Å²) in [7, 11) is 0. The largest absolute Gasteiger partial charge is 0.391 e. The second kappa shape index (κ2) is 3.25. The average molecular weight is 180 g/mol. The monoisotopic (exact) mass is 180 g/mol. The van der Waals surface area contributed by atoms with Crippen LogP contribution in [-0.4, -0.2) is 62.8 Å². The van der Waals surface area contributed by atoms with Gasteiger partial charge < -0.3 is 30.3 Å². The van der Waals surface area contributed by atoms with Crippen molar-refractivity contribution >= 4 is 0 Å². The predicted molar refractivity (Wildman–Crippen MR) is 36.0 cm³/mol. The summed E-state index contributed by atoms with van der Waals surface area (Å²) in [5.74, 6) is -2.17. The Labute approximate surface area is 68.6 Å². The summed E-state index contributed by atoms with van der Waals surface area (Å²) >= 11 is 0. The van der Waals surface area contributed by atoms with E-state index in [1.807, 2.05) is 0 Å². The minimum absolute atomic E-state index is 0.324. The van der Waals surface area contributed by atoms with E-state index in [-0.39, 0.29) is 6.61 Å². The average Bonchev–Trinajstić information content (AvgIpc) is 2.09. The van der Waals surface area contributed by atoms with E-state index in [1.54, 1.807) is 0 Å². The van der Waals surface area contributed by atoms with Crippen molar-refractivity contribution in [3.63, 3.8) is 0 Å². The van der Waals surface area contributed by atoms with Crippen LogP contribution >= 0.6 is 0 Å². The van der Waals surface area contributed by atoms with Gasteiger partial charge in [0.25, 0.3) is 0 Å². The van der Waals surface area contributed by atoms with Crippen LogP contribution < -0.4 is 0 Å². The molecule has 0 aliphatic carbocycles. The van der Waals surface area contributed by atoms with E-state index in [1.165, 1.54) is 0 Å². The normalized spacial score (nSPS) is 49.2. The maximum atomic E-state index is 9.24.